The SMILES string of the molecule is COc1cccc(OCCC(C)(C)N)c1OC. The molecule has 0 radical (unpaired) electrons. The van der Waals surface area contributed by atoms with Gasteiger partial charge in [0.05, 0.1) is 20.8 Å². The molecule has 1 aromatic carbocycles. The fraction of sp³-hybridized carbons (Fsp3) is 0.538. The first kappa shape index (κ1) is 13.6. The Kier molecular flexibility index (Phi) is 4.63. The highest BCUT2D eigenvalue weighted by Crippen LogP contribution is 2.36. The Balaban J connectivity index is 2.70. The van der Waals surface area contributed by atoms with Crippen LogP contribution in [-0.4, -0.2) is 26.4 Å². The second-order valence-electron chi connectivity index (χ2n) is 4.58. The van der Waals surface area contributed by atoms with Crippen LogP contribution in [-0.2, 0) is 0 Å². The predicted molar refractivity (Wildman–Crippen MR) is 67.9 cm³/mol. The lowest BCUT2D eigenvalue weighted by Crippen LogP contribution is -2.33. The van der Waals surface area contributed by atoms with Crippen LogP contribution in [0.2, 0.25) is 0 Å². The molecule has 0 aromatic heterocycles. The molecule has 0 saturated carbocycles. The lowest BCUT2D eigenvalue weighted by atomic mass is 10.0. The molecule has 4 nitrogen and oxygen atoms in total. The molecule has 0 atom stereocenters. The summed E-state index contributed by atoms with van der Waals surface area (Å²) in [6, 6.07) is 5.55. The Morgan fingerprint density at radius 3 is 2.29 bits per heavy atom. The molecule has 1 aromatic rings. The van der Waals surface area contributed by atoms with E-state index in [1.807, 2.05) is 32.0 Å². The number of hydrogen-bond donors (Lipinski definition) is 1. The summed E-state index contributed by atoms with van der Waals surface area (Å²) in [7, 11) is 3.20. The highest BCUT2D eigenvalue weighted by molar-refractivity contribution is 5.50. The Labute approximate surface area is 103 Å². The summed E-state index contributed by atoms with van der Waals surface area (Å²) in [6.45, 7) is 4.49. The Hall–Kier alpha value is -1.42. The van der Waals surface area contributed by atoms with Crippen molar-refractivity contribution < 1.29 is 14.2 Å². The van der Waals surface area contributed by atoms with Gasteiger partial charge in [0, 0.05) is 5.54 Å². The summed E-state index contributed by atoms with van der Waals surface area (Å²) < 4.78 is 16.1. The van der Waals surface area contributed by atoms with Gasteiger partial charge in [-0.25, -0.2) is 0 Å². The van der Waals surface area contributed by atoms with E-state index in [1.165, 1.54) is 0 Å². The molecule has 0 aliphatic heterocycles. The maximum Gasteiger partial charge on any atom is 0.203 e. The number of ether oxygens (including phenoxy) is 3. The van der Waals surface area contributed by atoms with Crippen LogP contribution in [0.25, 0.3) is 0 Å². The zero-order chi connectivity index (χ0) is 12.9. The minimum atomic E-state index is -0.230. The van der Waals surface area contributed by atoms with E-state index in [-0.39, 0.29) is 5.54 Å². The topological polar surface area (TPSA) is 53.7 Å². The van der Waals surface area contributed by atoms with Gasteiger partial charge >= 0.3 is 0 Å². The molecule has 0 aliphatic rings. The van der Waals surface area contributed by atoms with Gasteiger partial charge in [-0.2, -0.15) is 0 Å². The van der Waals surface area contributed by atoms with Crippen LogP contribution in [0.5, 0.6) is 17.2 Å². The van der Waals surface area contributed by atoms with Crippen molar-refractivity contribution in [1.82, 2.24) is 0 Å². The van der Waals surface area contributed by atoms with E-state index in [0.717, 1.165) is 6.42 Å². The number of methoxy groups -OCH3 is 2. The predicted octanol–water partition coefficient (Wildman–Crippen LogP) is 2.21. The summed E-state index contributed by atoms with van der Waals surface area (Å²) >= 11 is 0. The van der Waals surface area contributed by atoms with Crippen LogP contribution in [0, 0.1) is 0 Å². The Morgan fingerprint density at radius 2 is 1.76 bits per heavy atom. The van der Waals surface area contributed by atoms with Crippen LogP contribution >= 0.6 is 0 Å². The highest BCUT2D eigenvalue weighted by Gasteiger charge is 2.13. The molecule has 0 spiro atoms. The Bertz CT molecular complexity index is 358. The molecule has 0 fully saturated rings. The molecule has 0 saturated heterocycles. The van der Waals surface area contributed by atoms with Crippen molar-refractivity contribution in [1.29, 1.82) is 0 Å². The minimum absolute atomic E-state index is 0.230. The monoisotopic (exact) mass is 239 g/mol. The first-order valence-corrected chi connectivity index (χ1v) is 5.60. The van der Waals surface area contributed by atoms with Gasteiger partial charge in [0.2, 0.25) is 5.75 Å². The summed E-state index contributed by atoms with van der Waals surface area (Å²) in [6.07, 6.45) is 0.771. The van der Waals surface area contributed by atoms with Gasteiger partial charge < -0.3 is 19.9 Å². The molecular formula is C13H21NO3. The number of nitrogens with two attached hydrogens (primary N) is 1. The van der Waals surface area contributed by atoms with Crippen molar-refractivity contribution in [3.05, 3.63) is 18.2 Å². The standard InChI is InChI=1S/C13H21NO3/c1-13(2,14)8-9-17-11-7-5-6-10(15-3)12(11)16-4/h5-7H,8-9,14H2,1-4H3. The quantitative estimate of drug-likeness (QED) is 0.827. The number of para-hydroxylation sites is 1. The lowest BCUT2D eigenvalue weighted by molar-refractivity contribution is 0.256. The van der Waals surface area contributed by atoms with Crippen LogP contribution in [0.3, 0.4) is 0 Å². The average molecular weight is 239 g/mol. The lowest BCUT2D eigenvalue weighted by Gasteiger charge is -2.19. The molecule has 0 heterocycles. The number of hydrogen-bond acceptors (Lipinski definition) is 4. The van der Waals surface area contributed by atoms with E-state index in [0.29, 0.717) is 23.9 Å². The second kappa shape index (κ2) is 5.77. The molecule has 0 bridgehead atoms. The minimum Gasteiger partial charge on any atom is -0.493 e. The highest BCUT2D eigenvalue weighted by atomic mass is 16.5. The van der Waals surface area contributed by atoms with E-state index in [9.17, 15) is 0 Å². The molecule has 4 heteroatoms. The van der Waals surface area contributed by atoms with Crippen LogP contribution in [0.4, 0.5) is 0 Å². The van der Waals surface area contributed by atoms with E-state index >= 15 is 0 Å². The summed E-state index contributed by atoms with van der Waals surface area (Å²) in [5, 5.41) is 0. The summed E-state index contributed by atoms with van der Waals surface area (Å²) in [5.41, 5.74) is 5.66. The average Bonchev–Trinajstić information content (AvgIpc) is 2.27. The summed E-state index contributed by atoms with van der Waals surface area (Å²) in [5.74, 6) is 1.96. The smallest absolute Gasteiger partial charge is 0.203 e. The number of rotatable bonds is 6. The molecule has 96 valence electrons. The third-order valence-corrected chi connectivity index (χ3v) is 2.37. The second-order valence-corrected chi connectivity index (χ2v) is 4.58. The fourth-order valence-electron chi connectivity index (χ4n) is 1.40. The normalized spacial score (nSPS) is 11.1. The third kappa shape index (κ3) is 4.15. The van der Waals surface area contributed by atoms with Crippen molar-refractivity contribution in [3.8, 4) is 17.2 Å². The molecule has 0 unspecified atom stereocenters. The van der Waals surface area contributed by atoms with Gasteiger partial charge in [0.15, 0.2) is 11.5 Å². The first-order valence-electron chi connectivity index (χ1n) is 5.60. The molecular weight excluding hydrogens is 218 g/mol. The van der Waals surface area contributed by atoms with Gasteiger partial charge in [-0.3, -0.25) is 0 Å². The van der Waals surface area contributed by atoms with Crippen molar-refractivity contribution in [2.45, 2.75) is 25.8 Å². The van der Waals surface area contributed by atoms with Gasteiger partial charge in [-0.1, -0.05) is 6.07 Å². The largest absolute Gasteiger partial charge is 0.493 e. The molecule has 0 amide bonds. The van der Waals surface area contributed by atoms with Crippen molar-refractivity contribution in [2.24, 2.45) is 5.73 Å². The third-order valence-electron chi connectivity index (χ3n) is 2.37. The van der Waals surface area contributed by atoms with E-state index < -0.39 is 0 Å². The van der Waals surface area contributed by atoms with Gasteiger partial charge in [-0.05, 0) is 32.4 Å². The molecule has 17 heavy (non-hydrogen) atoms. The molecule has 1 rings (SSSR count). The molecule has 2 N–H and O–H groups in total. The van der Waals surface area contributed by atoms with E-state index in [2.05, 4.69) is 0 Å². The number of benzene rings is 1. The van der Waals surface area contributed by atoms with Crippen molar-refractivity contribution in [3.63, 3.8) is 0 Å². The maximum absolute atomic E-state index is 5.89. The van der Waals surface area contributed by atoms with Gasteiger partial charge in [0.1, 0.15) is 0 Å². The van der Waals surface area contributed by atoms with Crippen molar-refractivity contribution in [2.75, 3.05) is 20.8 Å². The fourth-order valence-corrected chi connectivity index (χ4v) is 1.40. The van der Waals surface area contributed by atoms with Crippen LogP contribution in [0.1, 0.15) is 20.3 Å². The molecule has 0 aliphatic carbocycles. The van der Waals surface area contributed by atoms with E-state index in [4.69, 9.17) is 19.9 Å². The van der Waals surface area contributed by atoms with Crippen molar-refractivity contribution >= 4 is 0 Å². The summed E-state index contributed by atoms with van der Waals surface area (Å²) in [4.78, 5) is 0. The Morgan fingerprint density at radius 1 is 1.12 bits per heavy atom. The zero-order valence-corrected chi connectivity index (χ0v) is 10.9. The van der Waals surface area contributed by atoms with Crippen LogP contribution < -0.4 is 19.9 Å². The van der Waals surface area contributed by atoms with Gasteiger partial charge in [0.25, 0.3) is 0 Å². The zero-order valence-electron chi connectivity index (χ0n) is 10.9. The van der Waals surface area contributed by atoms with Crippen LogP contribution in [0.15, 0.2) is 18.2 Å². The maximum atomic E-state index is 5.89. The van der Waals surface area contributed by atoms with Gasteiger partial charge in [-0.15, -0.1) is 0 Å². The van der Waals surface area contributed by atoms with E-state index in [1.54, 1.807) is 14.2 Å². The first-order chi connectivity index (χ1) is 7.98.